The molecule has 4 aromatic carbocycles. The lowest BCUT2D eigenvalue weighted by Crippen LogP contribution is -2.29. The third-order valence-electron chi connectivity index (χ3n) is 6.88. The van der Waals surface area contributed by atoms with Crippen LogP contribution < -0.4 is 10.6 Å². The third kappa shape index (κ3) is 3.62. The second kappa shape index (κ2) is 8.34. The molecule has 0 bridgehead atoms. The summed E-state index contributed by atoms with van der Waals surface area (Å²) in [4.78, 5) is 12.9. The number of halogens is 1. The lowest BCUT2D eigenvalue weighted by atomic mass is 9.75. The molecule has 4 aromatic rings. The molecule has 1 amide bonds. The van der Waals surface area contributed by atoms with Gasteiger partial charge in [0.25, 0.3) is 5.91 Å². The summed E-state index contributed by atoms with van der Waals surface area (Å²) in [6.45, 7) is 0. The molecule has 6 rings (SSSR count). The number of amides is 1. The molecular weight excluding hydrogens is 519 g/mol. The van der Waals surface area contributed by atoms with E-state index in [1.165, 1.54) is 27.6 Å². The minimum atomic E-state index is -0.0778. The molecule has 3 atom stereocenters. The van der Waals surface area contributed by atoms with E-state index in [0.717, 1.165) is 15.7 Å². The van der Waals surface area contributed by atoms with Crippen LogP contribution in [0, 0.1) is 9.49 Å². The predicted molar refractivity (Wildman–Crippen MR) is 144 cm³/mol. The molecule has 1 heterocycles. The van der Waals surface area contributed by atoms with Crippen LogP contribution in [0.1, 0.15) is 39.9 Å². The Balaban J connectivity index is 1.34. The first kappa shape index (κ1) is 20.5. The van der Waals surface area contributed by atoms with Gasteiger partial charge >= 0.3 is 0 Å². The molecule has 4 heteroatoms. The number of fused-ring (bicyclic) bond motifs is 5. The van der Waals surface area contributed by atoms with Gasteiger partial charge in [0.05, 0.1) is 11.6 Å². The van der Waals surface area contributed by atoms with E-state index in [4.69, 9.17) is 0 Å². The van der Waals surface area contributed by atoms with Crippen LogP contribution >= 0.6 is 22.6 Å². The van der Waals surface area contributed by atoms with Gasteiger partial charge < -0.3 is 10.6 Å². The van der Waals surface area contributed by atoms with Crippen LogP contribution in [0.15, 0.2) is 97.1 Å². The highest BCUT2D eigenvalue weighted by Crippen LogP contribution is 2.51. The van der Waals surface area contributed by atoms with Crippen molar-refractivity contribution >= 4 is 50.6 Å². The second-order valence-electron chi connectivity index (χ2n) is 8.78. The summed E-state index contributed by atoms with van der Waals surface area (Å²) in [6, 6.07) is 29.2. The van der Waals surface area contributed by atoms with E-state index in [-0.39, 0.29) is 11.9 Å². The van der Waals surface area contributed by atoms with Crippen molar-refractivity contribution in [1.82, 2.24) is 0 Å². The summed E-state index contributed by atoms with van der Waals surface area (Å²) in [5.74, 6) is 0.761. The quantitative estimate of drug-likeness (QED) is 0.208. The van der Waals surface area contributed by atoms with Crippen LogP contribution in [0.25, 0.3) is 10.8 Å². The van der Waals surface area contributed by atoms with Crippen molar-refractivity contribution in [2.24, 2.45) is 5.92 Å². The molecule has 2 N–H and O–H groups in total. The van der Waals surface area contributed by atoms with Crippen molar-refractivity contribution < 1.29 is 4.79 Å². The normalized spacial score (nSPS) is 20.7. The van der Waals surface area contributed by atoms with Crippen LogP contribution in [0.5, 0.6) is 0 Å². The average molecular weight is 542 g/mol. The van der Waals surface area contributed by atoms with E-state index < -0.39 is 0 Å². The van der Waals surface area contributed by atoms with Crippen LogP contribution in [0.4, 0.5) is 11.4 Å². The number of benzene rings is 4. The average Bonchev–Trinajstić information content (AvgIpc) is 3.33. The number of hydrogen-bond donors (Lipinski definition) is 2. The van der Waals surface area contributed by atoms with Gasteiger partial charge in [0.15, 0.2) is 0 Å². The molecule has 0 saturated carbocycles. The molecular formula is C29H23IN2O. The van der Waals surface area contributed by atoms with E-state index in [2.05, 4.69) is 93.9 Å². The molecule has 1 aliphatic heterocycles. The van der Waals surface area contributed by atoms with Gasteiger partial charge in [-0.05, 0) is 87.2 Å². The third-order valence-corrected chi connectivity index (χ3v) is 7.82. The largest absolute Gasteiger partial charge is 0.378 e. The van der Waals surface area contributed by atoms with Crippen LogP contribution in [0.2, 0.25) is 0 Å². The number of allylic oxidation sites excluding steroid dienone is 2. The van der Waals surface area contributed by atoms with Crippen LogP contribution in [-0.2, 0) is 0 Å². The highest BCUT2D eigenvalue weighted by Gasteiger charge is 2.38. The van der Waals surface area contributed by atoms with Gasteiger partial charge in [-0.25, -0.2) is 0 Å². The van der Waals surface area contributed by atoms with Crippen LogP contribution in [0.3, 0.4) is 0 Å². The van der Waals surface area contributed by atoms with Gasteiger partial charge in [0.1, 0.15) is 0 Å². The molecule has 0 aromatic heterocycles. The lowest BCUT2D eigenvalue weighted by Gasteiger charge is -2.38. The lowest BCUT2D eigenvalue weighted by molar-refractivity contribution is 0.102. The maximum atomic E-state index is 12.9. The first-order chi connectivity index (χ1) is 16.2. The Kier molecular flexibility index (Phi) is 5.18. The van der Waals surface area contributed by atoms with E-state index in [1.807, 2.05) is 36.4 Å². The number of carbonyl (C=O) groups excluding carboxylic acids is 1. The first-order valence-corrected chi connectivity index (χ1v) is 12.4. The fraction of sp³-hybridized carbons (Fsp3) is 0.138. The zero-order chi connectivity index (χ0) is 22.4. The predicted octanol–water partition coefficient (Wildman–Crippen LogP) is 7.52. The first-order valence-electron chi connectivity index (χ1n) is 11.3. The van der Waals surface area contributed by atoms with Crippen molar-refractivity contribution in [2.45, 2.75) is 18.4 Å². The maximum absolute atomic E-state index is 12.9. The minimum Gasteiger partial charge on any atom is -0.378 e. The molecule has 162 valence electrons. The zero-order valence-corrected chi connectivity index (χ0v) is 20.1. The highest BCUT2D eigenvalue weighted by atomic mass is 127. The van der Waals surface area contributed by atoms with Crippen LogP contribution in [-0.4, -0.2) is 5.91 Å². The van der Waals surface area contributed by atoms with E-state index in [1.54, 1.807) is 0 Å². The van der Waals surface area contributed by atoms with E-state index in [9.17, 15) is 4.79 Å². The van der Waals surface area contributed by atoms with Gasteiger partial charge in [0.2, 0.25) is 0 Å². The number of rotatable bonds is 3. The molecule has 0 saturated heterocycles. The van der Waals surface area contributed by atoms with E-state index in [0.29, 0.717) is 17.4 Å². The Labute approximate surface area is 207 Å². The summed E-state index contributed by atoms with van der Waals surface area (Å²) >= 11 is 2.21. The summed E-state index contributed by atoms with van der Waals surface area (Å²) in [7, 11) is 0. The van der Waals surface area contributed by atoms with E-state index >= 15 is 0 Å². The topological polar surface area (TPSA) is 41.1 Å². The SMILES string of the molecule is O=C(Nc1cccc([C@@H]2Nc3ccc4ccccc4c3[C@H]3C=CC[C@H]32)c1)c1ccccc1I. The summed E-state index contributed by atoms with van der Waals surface area (Å²) < 4.78 is 0.946. The molecule has 0 radical (unpaired) electrons. The second-order valence-corrected chi connectivity index (χ2v) is 9.95. The Bertz CT molecular complexity index is 1410. The molecule has 3 nitrogen and oxygen atoms in total. The molecule has 33 heavy (non-hydrogen) atoms. The maximum Gasteiger partial charge on any atom is 0.256 e. The Hall–Kier alpha value is -3.12. The number of carbonyl (C=O) groups is 1. The van der Waals surface area contributed by atoms with Crippen molar-refractivity contribution in [2.75, 3.05) is 10.6 Å². The van der Waals surface area contributed by atoms with Gasteiger partial charge in [0, 0.05) is 20.9 Å². The molecule has 2 aliphatic rings. The monoisotopic (exact) mass is 542 g/mol. The Morgan fingerprint density at radius 3 is 2.70 bits per heavy atom. The Morgan fingerprint density at radius 2 is 1.79 bits per heavy atom. The number of nitrogens with one attached hydrogen (secondary N) is 2. The van der Waals surface area contributed by atoms with Gasteiger partial charge in [-0.1, -0.05) is 66.7 Å². The summed E-state index contributed by atoms with van der Waals surface area (Å²) in [5, 5.41) is 9.56. The standard InChI is InChI=1S/C29H23IN2O/c30-25-14-4-3-11-24(25)29(33)31-20-9-5-8-19(17-20)28-23-13-6-12-22(23)27-21-10-2-1-7-18(21)15-16-26(27)32-28/h1-12,14-17,22-23,28,32H,13H2,(H,31,33)/t22-,23+,28-/m0/s1. The minimum absolute atomic E-state index is 0.0778. The van der Waals surface area contributed by atoms with Crippen molar-refractivity contribution in [3.63, 3.8) is 0 Å². The molecule has 0 unspecified atom stereocenters. The number of anilines is 2. The molecule has 0 spiro atoms. The van der Waals surface area contributed by atoms with Gasteiger partial charge in [-0.15, -0.1) is 0 Å². The van der Waals surface area contributed by atoms with Crippen molar-refractivity contribution in [1.29, 1.82) is 0 Å². The number of hydrogen-bond acceptors (Lipinski definition) is 2. The fourth-order valence-corrected chi connectivity index (χ4v) is 6.00. The smallest absolute Gasteiger partial charge is 0.256 e. The zero-order valence-electron chi connectivity index (χ0n) is 18.0. The van der Waals surface area contributed by atoms with Crippen molar-refractivity contribution in [3.05, 3.63) is 117 Å². The molecule has 0 fully saturated rings. The summed E-state index contributed by atoms with van der Waals surface area (Å²) in [5.41, 5.74) is 5.34. The Morgan fingerprint density at radius 1 is 0.939 bits per heavy atom. The van der Waals surface area contributed by atoms with Crippen molar-refractivity contribution in [3.8, 4) is 0 Å². The summed E-state index contributed by atoms with van der Waals surface area (Å²) in [6.07, 6.45) is 5.75. The highest BCUT2D eigenvalue weighted by molar-refractivity contribution is 14.1. The van der Waals surface area contributed by atoms with Gasteiger partial charge in [-0.3, -0.25) is 4.79 Å². The molecule has 1 aliphatic carbocycles. The van der Waals surface area contributed by atoms with Gasteiger partial charge in [-0.2, -0.15) is 0 Å². The fourth-order valence-electron chi connectivity index (χ4n) is 5.36.